The van der Waals surface area contributed by atoms with Crippen LogP contribution in [-0.4, -0.2) is 140 Å². The average molecular weight is 944 g/mol. The van der Waals surface area contributed by atoms with Crippen LogP contribution < -0.4 is 5.32 Å². The summed E-state index contributed by atoms with van der Waals surface area (Å²) in [6.07, 6.45) is 26.9. The molecule has 14 heteroatoms. The minimum atomic E-state index is -1.78. The van der Waals surface area contributed by atoms with Crippen molar-refractivity contribution in [3.8, 4) is 0 Å². The molecule has 2 aliphatic heterocycles. The fourth-order valence-corrected chi connectivity index (χ4v) is 8.76. The molecule has 0 bridgehead atoms. The summed E-state index contributed by atoms with van der Waals surface area (Å²) in [5, 5.41) is 86.4. The first-order valence-electron chi connectivity index (χ1n) is 26.6. The van der Waals surface area contributed by atoms with Crippen LogP contribution in [0, 0.1) is 0 Å². The Kier molecular flexibility index (Phi) is 36.0. The summed E-state index contributed by atoms with van der Waals surface area (Å²) in [7, 11) is 0. The summed E-state index contributed by atoms with van der Waals surface area (Å²) in [5.41, 5.74) is 0. The van der Waals surface area contributed by atoms with Crippen LogP contribution >= 0.6 is 0 Å². The van der Waals surface area contributed by atoms with Gasteiger partial charge in [-0.25, -0.2) is 0 Å². The number of aliphatic hydroxyl groups is 8. The van der Waals surface area contributed by atoms with Crippen LogP contribution in [0.25, 0.3) is 0 Å². The molecule has 1 amide bonds. The van der Waals surface area contributed by atoms with E-state index in [1.165, 1.54) is 128 Å². The van der Waals surface area contributed by atoms with Crippen LogP contribution in [0.3, 0.4) is 0 Å². The summed E-state index contributed by atoms with van der Waals surface area (Å²) < 4.78 is 22.6. The maximum absolute atomic E-state index is 13.1. The molecule has 2 heterocycles. The number of rotatable bonds is 41. The van der Waals surface area contributed by atoms with Crippen LogP contribution in [0.2, 0.25) is 0 Å². The lowest BCUT2D eigenvalue weighted by Crippen LogP contribution is -2.65. The van der Waals surface area contributed by atoms with Gasteiger partial charge in [-0.15, -0.1) is 0 Å². The first kappa shape index (κ1) is 60.6. The lowest BCUT2D eigenvalue weighted by Gasteiger charge is -2.46. The van der Waals surface area contributed by atoms with E-state index in [4.69, 9.17) is 18.9 Å². The highest BCUT2D eigenvalue weighted by Crippen LogP contribution is 2.30. The highest BCUT2D eigenvalue weighted by Gasteiger charge is 2.51. The molecule has 0 radical (unpaired) electrons. The third-order valence-electron chi connectivity index (χ3n) is 13.1. The van der Waals surface area contributed by atoms with Gasteiger partial charge in [0.05, 0.1) is 32.0 Å². The second-order valence-electron chi connectivity index (χ2n) is 19.0. The quantitative estimate of drug-likeness (QED) is 0.0216. The van der Waals surface area contributed by atoms with Crippen molar-refractivity contribution in [3.63, 3.8) is 0 Å². The molecule has 2 saturated heterocycles. The fraction of sp³-hybridized carbons (Fsp3) is 0.904. The molecule has 66 heavy (non-hydrogen) atoms. The maximum Gasteiger partial charge on any atom is 0.220 e. The molecular weight excluding hydrogens is 847 g/mol. The first-order chi connectivity index (χ1) is 32.1. The molecule has 0 aromatic heterocycles. The number of carbonyl (C=O) groups excluding carboxylic acids is 1. The van der Waals surface area contributed by atoms with Crippen molar-refractivity contribution < 1.29 is 64.6 Å². The van der Waals surface area contributed by atoms with Gasteiger partial charge in [0.25, 0.3) is 0 Å². The number of hydrogen-bond donors (Lipinski definition) is 9. The molecule has 2 rings (SSSR count). The third kappa shape index (κ3) is 25.9. The zero-order chi connectivity index (χ0) is 48.2. The lowest BCUT2D eigenvalue weighted by molar-refractivity contribution is -0.359. The second kappa shape index (κ2) is 39.2. The SMILES string of the molecule is CCCCCCC/C=C/C(O)C(COC1OC(CO)C(OC2OC(CO)C(O)C(O)C2O)C(O)C1O)NC(=O)CCCCCCCCCCCCCCC/C=C\CCCCCCCCCC. The van der Waals surface area contributed by atoms with E-state index < -0.39 is 86.8 Å². The predicted molar refractivity (Wildman–Crippen MR) is 258 cm³/mol. The number of unbranched alkanes of at least 4 members (excludes halogenated alkanes) is 26. The number of carbonyl (C=O) groups is 1. The smallest absolute Gasteiger partial charge is 0.220 e. The van der Waals surface area contributed by atoms with Gasteiger partial charge in [0.1, 0.15) is 48.8 Å². The van der Waals surface area contributed by atoms with Gasteiger partial charge in [0.15, 0.2) is 12.6 Å². The summed E-state index contributed by atoms with van der Waals surface area (Å²) in [6.45, 7) is 2.72. The number of hydrogen-bond acceptors (Lipinski definition) is 13. The number of aliphatic hydroxyl groups excluding tert-OH is 8. The van der Waals surface area contributed by atoms with Gasteiger partial charge in [-0.05, 0) is 44.9 Å². The molecule has 2 fully saturated rings. The number of ether oxygens (including phenoxy) is 4. The van der Waals surface area contributed by atoms with Crippen molar-refractivity contribution in [1.29, 1.82) is 0 Å². The Bertz CT molecular complexity index is 1210. The van der Waals surface area contributed by atoms with Gasteiger partial charge in [0.2, 0.25) is 5.91 Å². The molecule has 14 nitrogen and oxygen atoms in total. The van der Waals surface area contributed by atoms with E-state index in [9.17, 15) is 45.6 Å². The van der Waals surface area contributed by atoms with Crippen molar-refractivity contribution in [2.45, 2.75) is 280 Å². The zero-order valence-corrected chi connectivity index (χ0v) is 41.2. The maximum atomic E-state index is 13.1. The van der Waals surface area contributed by atoms with Gasteiger partial charge < -0.3 is 65.1 Å². The van der Waals surface area contributed by atoms with Crippen LogP contribution in [0.15, 0.2) is 24.3 Å². The second-order valence-corrected chi connectivity index (χ2v) is 19.0. The van der Waals surface area contributed by atoms with Crippen molar-refractivity contribution in [2.75, 3.05) is 19.8 Å². The number of nitrogens with one attached hydrogen (secondary N) is 1. The molecule has 0 aromatic carbocycles. The summed E-state index contributed by atoms with van der Waals surface area (Å²) in [6, 6.07) is -0.909. The molecule has 9 N–H and O–H groups in total. The van der Waals surface area contributed by atoms with Crippen molar-refractivity contribution in [3.05, 3.63) is 24.3 Å². The molecule has 0 spiro atoms. The van der Waals surface area contributed by atoms with Gasteiger partial charge in [0, 0.05) is 6.42 Å². The van der Waals surface area contributed by atoms with E-state index in [2.05, 4.69) is 31.3 Å². The minimum Gasteiger partial charge on any atom is -0.394 e. The van der Waals surface area contributed by atoms with Gasteiger partial charge >= 0.3 is 0 Å². The number of amides is 1. The third-order valence-corrected chi connectivity index (χ3v) is 13.1. The highest BCUT2D eigenvalue weighted by atomic mass is 16.7. The molecule has 12 unspecified atom stereocenters. The molecule has 0 aromatic rings. The Balaban J connectivity index is 1.68. The monoisotopic (exact) mass is 944 g/mol. The molecular formula is C52H97NO13. The van der Waals surface area contributed by atoms with E-state index in [-0.39, 0.29) is 18.9 Å². The summed E-state index contributed by atoms with van der Waals surface area (Å²) in [5.74, 6) is -0.243. The Morgan fingerprint density at radius 3 is 1.44 bits per heavy atom. The number of allylic oxidation sites excluding steroid dienone is 3. The average Bonchev–Trinajstić information content (AvgIpc) is 3.31. The molecule has 12 atom stereocenters. The van der Waals surface area contributed by atoms with E-state index >= 15 is 0 Å². The van der Waals surface area contributed by atoms with Crippen LogP contribution in [0.5, 0.6) is 0 Å². The van der Waals surface area contributed by atoms with Crippen molar-refractivity contribution in [2.24, 2.45) is 0 Å². The van der Waals surface area contributed by atoms with Crippen LogP contribution in [0.1, 0.15) is 206 Å². The molecule has 388 valence electrons. The van der Waals surface area contributed by atoms with E-state index in [0.29, 0.717) is 6.42 Å². The highest BCUT2D eigenvalue weighted by molar-refractivity contribution is 5.76. The Hall–Kier alpha value is -1.53. The Morgan fingerprint density at radius 2 is 0.955 bits per heavy atom. The predicted octanol–water partition coefficient (Wildman–Crippen LogP) is 7.33. The van der Waals surface area contributed by atoms with Gasteiger partial charge in [-0.1, -0.05) is 179 Å². The fourth-order valence-electron chi connectivity index (χ4n) is 8.76. The lowest BCUT2D eigenvalue weighted by atomic mass is 9.97. The summed E-state index contributed by atoms with van der Waals surface area (Å²) >= 11 is 0. The minimum absolute atomic E-state index is 0.243. The molecule has 0 saturated carbocycles. The normalized spacial score (nSPS) is 26.9. The first-order valence-corrected chi connectivity index (χ1v) is 26.6. The van der Waals surface area contributed by atoms with E-state index in [1.807, 2.05) is 6.08 Å². The van der Waals surface area contributed by atoms with Crippen molar-refractivity contribution in [1.82, 2.24) is 5.32 Å². The molecule has 2 aliphatic rings. The Labute approximate surface area is 398 Å². The standard InChI is InChI=1S/C52H97NO13/c1-3-5-7-9-11-12-13-14-15-16-17-18-19-20-21-22-23-24-25-26-27-28-30-32-34-36-44(57)53-40(41(56)35-33-31-29-10-8-6-4-2)39-63-51-49(62)47(60)50(43(38-55)65-51)66-52-48(61)46(59)45(58)42(37-54)64-52/h16-17,33,35,40-43,45-52,54-56,58-62H,3-15,18-32,34,36-39H2,1-2H3,(H,53,57)/b17-16-,35-33+. The van der Waals surface area contributed by atoms with Gasteiger partial charge in [-0.2, -0.15) is 0 Å². The van der Waals surface area contributed by atoms with Crippen LogP contribution in [-0.2, 0) is 23.7 Å². The van der Waals surface area contributed by atoms with E-state index in [0.717, 1.165) is 51.4 Å². The van der Waals surface area contributed by atoms with Crippen LogP contribution in [0.4, 0.5) is 0 Å². The van der Waals surface area contributed by atoms with E-state index in [1.54, 1.807) is 6.08 Å². The topological polar surface area (TPSA) is 228 Å². The van der Waals surface area contributed by atoms with Gasteiger partial charge in [-0.3, -0.25) is 4.79 Å². The summed E-state index contributed by atoms with van der Waals surface area (Å²) in [4.78, 5) is 13.1. The largest absolute Gasteiger partial charge is 0.394 e. The molecule has 0 aliphatic carbocycles. The van der Waals surface area contributed by atoms with Crippen molar-refractivity contribution >= 4 is 5.91 Å². The Morgan fingerprint density at radius 1 is 0.530 bits per heavy atom. The zero-order valence-electron chi connectivity index (χ0n) is 41.2.